The normalized spacial score (nSPS) is 16.6. The first-order valence-electron chi connectivity index (χ1n) is 16.2. The van der Waals surface area contributed by atoms with Crippen molar-refractivity contribution in [1.82, 2.24) is 9.88 Å². The minimum atomic E-state index is -0.0641. The number of pyridine rings is 1. The van der Waals surface area contributed by atoms with Crippen molar-refractivity contribution >= 4 is 40.1 Å². The Hall–Kier alpha value is -3.55. The second-order valence-electron chi connectivity index (χ2n) is 12.3. The number of ketones is 1. The summed E-state index contributed by atoms with van der Waals surface area (Å²) in [4.78, 5) is 35.7. The lowest BCUT2D eigenvalue weighted by molar-refractivity contribution is -0.115. The molecule has 3 aromatic rings. The van der Waals surface area contributed by atoms with E-state index in [1.807, 2.05) is 63.4 Å². The van der Waals surface area contributed by atoms with Crippen LogP contribution in [0.15, 0.2) is 60.4 Å². The van der Waals surface area contributed by atoms with E-state index in [0.717, 1.165) is 66.0 Å². The number of carbonyl (C=O) groups excluding carboxylic acids is 2. The van der Waals surface area contributed by atoms with E-state index in [0.29, 0.717) is 29.9 Å². The molecule has 0 radical (unpaired) electrons. The van der Waals surface area contributed by atoms with Gasteiger partial charge in [-0.2, -0.15) is 0 Å². The summed E-state index contributed by atoms with van der Waals surface area (Å²) >= 11 is 1.62. The smallest absolute Gasteiger partial charge is 0.265 e. The Morgan fingerprint density at radius 2 is 1.86 bits per heavy atom. The first-order chi connectivity index (χ1) is 21.3. The molecule has 0 atom stereocenters. The molecule has 44 heavy (non-hydrogen) atoms. The Labute approximate surface area is 266 Å². The Bertz CT molecular complexity index is 1520. The highest BCUT2D eigenvalue weighted by atomic mass is 32.1. The Morgan fingerprint density at radius 1 is 1.09 bits per heavy atom. The number of hydrogen-bond acceptors (Lipinski definition) is 6. The van der Waals surface area contributed by atoms with Gasteiger partial charge < -0.3 is 15.5 Å². The Morgan fingerprint density at radius 3 is 2.52 bits per heavy atom. The summed E-state index contributed by atoms with van der Waals surface area (Å²) in [5.41, 5.74) is 6.70. The van der Waals surface area contributed by atoms with Gasteiger partial charge in [-0.25, -0.2) is 4.98 Å². The number of thiophene rings is 1. The van der Waals surface area contributed by atoms with Gasteiger partial charge in [0.1, 0.15) is 5.82 Å². The Kier molecular flexibility index (Phi) is 10.5. The van der Waals surface area contributed by atoms with Crippen molar-refractivity contribution in [1.29, 1.82) is 0 Å². The van der Waals surface area contributed by atoms with Crippen molar-refractivity contribution < 1.29 is 9.59 Å². The number of carbonyl (C=O) groups is 2. The van der Waals surface area contributed by atoms with Crippen LogP contribution in [-0.2, 0) is 17.6 Å². The lowest BCUT2D eigenvalue weighted by atomic mass is 9.90. The number of hydrogen-bond donors (Lipinski definition) is 2. The van der Waals surface area contributed by atoms with Crippen molar-refractivity contribution in [3.05, 3.63) is 92.5 Å². The summed E-state index contributed by atoms with van der Waals surface area (Å²) < 4.78 is 0. The van der Waals surface area contributed by atoms with E-state index in [4.69, 9.17) is 4.98 Å². The standard InChI is InChI=1S/C37H46N4O2S/c1-6-26(30-12-10-13-31(25(30)5)40-37(43)35-22-28-11-8-9-14-34(28)44-35)21-32(33(42)7-2)39-36-16-15-29(23-38-36)27-17-19-41(20-18-27)24(3)4/h6,10,12-13,15-16,21-24,27H,7-9,11,14,17-20H2,1-5H3,(H,38,39)(H,40,43)/b26-6+,32-21+. The van der Waals surface area contributed by atoms with Gasteiger partial charge in [-0.15, -0.1) is 11.3 Å². The van der Waals surface area contributed by atoms with Gasteiger partial charge in [0, 0.05) is 29.2 Å². The molecule has 1 amide bonds. The molecule has 1 aliphatic heterocycles. The highest BCUT2D eigenvalue weighted by Crippen LogP contribution is 2.32. The van der Waals surface area contributed by atoms with Crippen molar-refractivity contribution in [2.45, 2.75) is 91.5 Å². The number of benzene rings is 1. The van der Waals surface area contributed by atoms with Crippen LogP contribution < -0.4 is 10.6 Å². The molecule has 0 spiro atoms. The first-order valence-corrected chi connectivity index (χ1v) is 17.0. The molecular weight excluding hydrogens is 565 g/mol. The zero-order valence-electron chi connectivity index (χ0n) is 26.8. The fourth-order valence-electron chi connectivity index (χ4n) is 6.33. The van der Waals surface area contributed by atoms with Crippen molar-refractivity contribution in [2.75, 3.05) is 23.7 Å². The van der Waals surface area contributed by atoms with Crippen LogP contribution in [0.5, 0.6) is 0 Å². The minimum Gasteiger partial charge on any atom is -0.337 e. The first kappa shape index (κ1) is 31.9. The summed E-state index contributed by atoms with van der Waals surface area (Å²) in [6.07, 6.45) is 13.1. The summed E-state index contributed by atoms with van der Waals surface area (Å²) in [6.45, 7) is 12.6. The molecule has 3 heterocycles. The highest BCUT2D eigenvalue weighted by Gasteiger charge is 2.23. The molecule has 232 valence electrons. The second kappa shape index (κ2) is 14.5. The molecule has 0 saturated carbocycles. The third-order valence-electron chi connectivity index (χ3n) is 9.13. The largest absolute Gasteiger partial charge is 0.337 e. The summed E-state index contributed by atoms with van der Waals surface area (Å²) in [6, 6.07) is 12.7. The number of aryl methyl sites for hydroxylation is 2. The lowest BCUT2D eigenvalue weighted by Gasteiger charge is -2.34. The van der Waals surface area contributed by atoms with Crippen molar-refractivity contribution in [3.8, 4) is 0 Å². The molecular formula is C37H46N4O2S. The van der Waals surface area contributed by atoms with Gasteiger partial charge in [-0.3, -0.25) is 9.59 Å². The number of allylic oxidation sites excluding steroid dienone is 4. The van der Waals surface area contributed by atoms with Gasteiger partial charge >= 0.3 is 0 Å². The predicted octanol–water partition coefficient (Wildman–Crippen LogP) is 8.55. The van der Waals surface area contributed by atoms with Gasteiger partial charge in [0.25, 0.3) is 5.91 Å². The minimum absolute atomic E-state index is 0.0139. The van der Waals surface area contributed by atoms with Crippen LogP contribution in [0.1, 0.15) is 103 Å². The third kappa shape index (κ3) is 7.39. The van der Waals surface area contributed by atoms with E-state index in [1.54, 1.807) is 11.3 Å². The number of nitrogens with zero attached hydrogens (tertiary/aromatic N) is 2. The van der Waals surface area contributed by atoms with Crippen LogP contribution in [0.25, 0.3) is 5.57 Å². The number of Topliss-reactive ketones (excluding diaryl/α,β-unsaturated/α-hetero) is 1. The monoisotopic (exact) mass is 610 g/mol. The molecule has 0 bridgehead atoms. The lowest BCUT2D eigenvalue weighted by Crippen LogP contribution is -2.37. The molecule has 2 aliphatic rings. The van der Waals surface area contributed by atoms with E-state index in [1.165, 1.54) is 28.8 Å². The number of amides is 1. The SMILES string of the molecule is C/C=C(\C=C(\Nc1ccc(C2CCN(C(C)C)CC2)cn1)C(=O)CC)c1cccc(NC(=O)c2cc3c(s2)CCCC3)c1C. The summed E-state index contributed by atoms with van der Waals surface area (Å²) in [5, 5.41) is 6.46. The average Bonchev–Trinajstić information content (AvgIpc) is 3.49. The van der Waals surface area contributed by atoms with E-state index < -0.39 is 0 Å². The molecule has 7 heteroatoms. The van der Waals surface area contributed by atoms with Gasteiger partial charge in [-0.1, -0.05) is 31.2 Å². The second-order valence-corrected chi connectivity index (χ2v) is 13.4. The number of rotatable bonds is 10. The van der Waals surface area contributed by atoms with E-state index in [9.17, 15) is 9.59 Å². The number of aromatic nitrogens is 1. The molecule has 5 rings (SSSR count). The molecule has 1 saturated heterocycles. The summed E-state index contributed by atoms with van der Waals surface area (Å²) in [5.74, 6) is 1.13. The number of piperidine rings is 1. The van der Waals surface area contributed by atoms with E-state index in [-0.39, 0.29) is 11.7 Å². The number of anilines is 2. The Balaban J connectivity index is 1.32. The van der Waals surface area contributed by atoms with Gasteiger partial charge in [0.2, 0.25) is 0 Å². The topological polar surface area (TPSA) is 74.3 Å². The quantitative estimate of drug-likeness (QED) is 0.178. The predicted molar refractivity (Wildman–Crippen MR) is 184 cm³/mol. The van der Waals surface area contributed by atoms with Gasteiger partial charge in [-0.05, 0) is 137 Å². The zero-order chi connectivity index (χ0) is 31.2. The molecule has 6 nitrogen and oxygen atoms in total. The van der Waals surface area contributed by atoms with Crippen molar-refractivity contribution in [2.24, 2.45) is 0 Å². The highest BCUT2D eigenvalue weighted by molar-refractivity contribution is 7.14. The van der Waals surface area contributed by atoms with Gasteiger partial charge in [0.05, 0.1) is 10.6 Å². The van der Waals surface area contributed by atoms with Crippen molar-refractivity contribution in [3.63, 3.8) is 0 Å². The number of nitrogens with one attached hydrogen (secondary N) is 2. The maximum atomic E-state index is 13.2. The van der Waals surface area contributed by atoms with Crippen LogP contribution in [0.4, 0.5) is 11.5 Å². The average molecular weight is 611 g/mol. The van der Waals surface area contributed by atoms with Gasteiger partial charge in [0.15, 0.2) is 5.78 Å². The summed E-state index contributed by atoms with van der Waals surface area (Å²) in [7, 11) is 0. The fraction of sp³-hybridized carbons (Fsp3) is 0.432. The third-order valence-corrected chi connectivity index (χ3v) is 10.4. The fourth-order valence-corrected chi connectivity index (χ4v) is 7.48. The molecule has 1 aromatic carbocycles. The van der Waals surface area contributed by atoms with E-state index >= 15 is 0 Å². The molecule has 2 N–H and O–H groups in total. The van der Waals surface area contributed by atoms with Crippen LogP contribution >= 0.6 is 11.3 Å². The van der Waals surface area contributed by atoms with Crippen LogP contribution in [0, 0.1) is 6.92 Å². The molecule has 1 fully saturated rings. The molecule has 0 unspecified atom stereocenters. The van der Waals surface area contributed by atoms with Crippen LogP contribution in [0.3, 0.4) is 0 Å². The maximum absolute atomic E-state index is 13.2. The number of likely N-dealkylation sites (tertiary alicyclic amines) is 1. The number of fused-ring (bicyclic) bond motifs is 1. The van der Waals surface area contributed by atoms with E-state index in [2.05, 4.69) is 41.5 Å². The maximum Gasteiger partial charge on any atom is 0.265 e. The van der Waals surface area contributed by atoms with Crippen LogP contribution in [0.2, 0.25) is 0 Å². The molecule has 2 aromatic heterocycles. The zero-order valence-corrected chi connectivity index (χ0v) is 27.7. The van der Waals surface area contributed by atoms with Crippen LogP contribution in [-0.4, -0.2) is 40.7 Å². The molecule has 1 aliphatic carbocycles.